The molecule has 0 atom stereocenters. The Morgan fingerprint density at radius 3 is 2.69 bits per heavy atom. The van der Waals surface area contributed by atoms with E-state index in [1.807, 2.05) is 42.6 Å². The Labute approximate surface area is 156 Å². The van der Waals surface area contributed by atoms with Crippen LogP contribution in [0.25, 0.3) is 5.69 Å². The first-order chi connectivity index (χ1) is 12.7. The van der Waals surface area contributed by atoms with Crippen molar-refractivity contribution in [3.63, 3.8) is 0 Å². The second-order valence-corrected chi connectivity index (χ2v) is 7.84. The Hall–Kier alpha value is -2.25. The fraction of sp³-hybridized carbons (Fsp3) is 0.421. The van der Waals surface area contributed by atoms with Gasteiger partial charge in [0.2, 0.25) is 0 Å². The van der Waals surface area contributed by atoms with Gasteiger partial charge in [0, 0.05) is 11.8 Å². The third-order valence-electron chi connectivity index (χ3n) is 4.83. The van der Waals surface area contributed by atoms with E-state index in [9.17, 15) is 4.79 Å². The molecule has 0 radical (unpaired) electrons. The number of benzene rings is 1. The van der Waals surface area contributed by atoms with Crippen molar-refractivity contribution in [2.45, 2.75) is 32.7 Å². The number of nitrogens with one attached hydrogen (secondary N) is 1. The number of aryl methyl sites for hydroxylation is 1. The fourth-order valence-electron chi connectivity index (χ4n) is 3.50. The van der Waals surface area contributed by atoms with Gasteiger partial charge in [-0.3, -0.25) is 0 Å². The van der Waals surface area contributed by atoms with Crippen LogP contribution >= 0.6 is 11.3 Å². The topological polar surface area (TPSA) is 64.7 Å². The molecule has 26 heavy (non-hydrogen) atoms. The highest BCUT2D eigenvalue weighted by atomic mass is 32.1. The summed E-state index contributed by atoms with van der Waals surface area (Å²) in [6.07, 6.45) is 3.08. The Morgan fingerprint density at radius 1 is 1.23 bits per heavy atom. The van der Waals surface area contributed by atoms with Gasteiger partial charge in [0.1, 0.15) is 5.82 Å². The van der Waals surface area contributed by atoms with Gasteiger partial charge in [0.15, 0.2) is 0 Å². The molecular weight excluding hydrogens is 346 g/mol. The van der Waals surface area contributed by atoms with Crippen LogP contribution in [-0.2, 0) is 13.0 Å². The molecule has 1 saturated heterocycles. The molecule has 3 heterocycles. The lowest BCUT2D eigenvalue weighted by Crippen LogP contribution is -2.29. The average molecular weight is 369 g/mol. The fourth-order valence-corrected chi connectivity index (χ4v) is 4.11. The highest BCUT2D eigenvalue weighted by Gasteiger charge is 2.21. The number of nitrogens with zero attached hydrogens (tertiary/aromatic N) is 4. The van der Waals surface area contributed by atoms with Crippen LogP contribution in [-0.4, -0.2) is 32.4 Å². The number of thiazole rings is 1. The smallest absolute Gasteiger partial charge is 0.317 e. The van der Waals surface area contributed by atoms with Crippen LogP contribution in [0.5, 0.6) is 0 Å². The third-order valence-corrected chi connectivity index (χ3v) is 5.65. The molecule has 2 aromatic heterocycles. The molecule has 0 unspecified atom stereocenters. The SMILES string of the molecule is Cc1nc(Cn2nc(CC3CCNCC3)n(-c3ccccc3)c2=O)cs1. The summed E-state index contributed by atoms with van der Waals surface area (Å²) in [7, 11) is 0. The van der Waals surface area contributed by atoms with Crippen molar-refractivity contribution in [3.8, 4) is 5.69 Å². The molecule has 0 bridgehead atoms. The molecule has 6 nitrogen and oxygen atoms in total. The lowest BCUT2D eigenvalue weighted by atomic mass is 9.94. The van der Waals surface area contributed by atoms with Gasteiger partial charge in [-0.2, -0.15) is 5.10 Å². The van der Waals surface area contributed by atoms with Gasteiger partial charge in [-0.1, -0.05) is 18.2 Å². The lowest BCUT2D eigenvalue weighted by Gasteiger charge is -2.22. The zero-order chi connectivity index (χ0) is 17.9. The Kier molecular flexibility index (Phi) is 4.99. The minimum atomic E-state index is -0.0919. The van der Waals surface area contributed by atoms with Gasteiger partial charge in [0.25, 0.3) is 0 Å². The van der Waals surface area contributed by atoms with Crippen LogP contribution < -0.4 is 11.0 Å². The Bertz CT molecular complexity index is 921. The number of rotatable bonds is 5. The first kappa shape index (κ1) is 17.2. The molecule has 4 rings (SSSR count). The van der Waals surface area contributed by atoms with Crippen molar-refractivity contribution in [2.75, 3.05) is 13.1 Å². The average Bonchev–Trinajstić information content (AvgIpc) is 3.20. The van der Waals surface area contributed by atoms with Crippen LogP contribution in [0.3, 0.4) is 0 Å². The summed E-state index contributed by atoms with van der Waals surface area (Å²) in [6.45, 7) is 4.47. The lowest BCUT2D eigenvalue weighted by molar-refractivity contribution is 0.365. The van der Waals surface area contributed by atoms with Crippen LogP contribution in [0.4, 0.5) is 0 Å². The minimum Gasteiger partial charge on any atom is -0.317 e. The number of aromatic nitrogens is 4. The number of piperidine rings is 1. The summed E-state index contributed by atoms with van der Waals surface area (Å²) in [5.41, 5.74) is 1.67. The van der Waals surface area contributed by atoms with E-state index in [1.165, 1.54) is 0 Å². The van der Waals surface area contributed by atoms with Gasteiger partial charge in [-0.25, -0.2) is 19.0 Å². The molecule has 1 N–H and O–H groups in total. The Balaban J connectivity index is 1.70. The van der Waals surface area contributed by atoms with E-state index < -0.39 is 0 Å². The molecule has 7 heteroatoms. The maximum Gasteiger partial charge on any atom is 0.350 e. The molecule has 0 spiro atoms. The summed E-state index contributed by atoms with van der Waals surface area (Å²) < 4.78 is 3.32. The summed E-state index contributed by atoms with van der Waals surface area (Å²) in [6, 6.07) is 9.80. The van der Waals surface area contributed by atoms with E-state index in [4.69, 9.17) is 5.10 Å². The zero-order valence-corrected chi connectivity index (χ0v) is 15.7. The minimum absolute atomic E-state index is 0.0919. The normalized spacial score (nSPS) is 15.4. The maximum absolute atomic E-state index is 13.1. The highest BCUT2D eigenvalue weighted by molar-refractivity contribution is 7.09. The van der Waals surface area contributed by atoms with Crippen molar-refractivity contribution in [3.05, 3.63) is 62.7 Å². The molecule has 1 aliphatic heterocycles. The summed E-state index contributed by atoms with van der Waals surface area (Å²) in [5.74, 6) is 1.41. The number of para-hydroxylation sites is 1. The van der Waals surface area contributed by atoms with E-state index in [0.29, 0.717) is 12.5 Å². The van der Waals surface area contributed by atoms with E-state index in [0.717, 1.165) is 54.6 Å². The monoisotopic (exact) mass is 369 g/mol. The van der Waals surface area contributed by atoms with Crippen LogP contribution in [0.2, 0.25) is 0 Å². The molecule has 136 valence electrons. The largest absolute Gasteiger partial charge is 0.350 e. The van der Waals surface area contributed by atoms with Crippen LogP contribution in [0.1, 0.15) is 29.4 Å². The highest BCUT2D eigenvalue weighted by Crippen LogP contribution is 2.18. The van der Waals surface area contributed by atoms with Gasteiger partial charge in [-0.15, -0.1) is 11.3 Å². The second-order valence-electron chi connectivity index (χ2n) is 6.78. The molecular formula is C19H23N5OS. The third kappa shape index (κ3) is 3.64. The summed E-state index contributed by atoms with van der Waals surface area (Å²) in [5, 5.41) is 11.1. The van der Waals surface area contributed by atoms with Gasteiger partial charge in [-0.05, 0) is 50.9 Å². The van der Waals surface area contributed by atoms with E-state index >= 15 is 0 Å². The van der Waals surface area contributed by atoms with Crippen LogP contribution in [0, 0.1) is 12.8 Å². The second kappa shape index (κ2) is 7.55. The van der Waals surface area contributed by atoms with Crippen molar-refractivity contribution >= 4 is 11.3 Å². The molecule has 1 aromatic carbocycles. The maximum atomic E-state index is 13.1. The van der Waals surface area contributed by atoms with Crippen LogP contribution in [0.15, 0.2) is 40.5 Å². The van der Waals surface area contributed by atoms with Crippen molar-refractivity contribution < 1.29 is 0 Å². The van der Waals surface area contributed by atoms with Gasteiger partial charge >= 0.3 is 5.69 Å². The van der Waals surface area contributed by atoms with Crippen molar-refractivity contribution in [1.82, 2.24) is 24.6 Å². The molecule has 0 aliphatic carbocycles. The quantitative estimate of drug-likeness (QED) is 0.750. The molecule has 3 aromatic rings. The van der Waals surface area contributed by atoms with E-state index in [-0.39, 0.29) is 5.69 Å². The predicted molar refractivity (Wildman–Crippen MR) is 103 cm³/mol. The first-order valence-electron chi connectivity index (χ1n) is 9.06. The zero-order valence-electron chi connectivity index (χ0n) is 14.9. The predicted octanol–water partition coefficient (Wildman–Crippen LogP) is 2.39. The molecule has 1 aliphatic rings. The van der Waals surface area contributed by atoms with Gasteiger partial charge in [0.05, 0.1) is 22.9 Å². The number of hydrogen-bond acceptors (Lipinski definition) is 5. The Morgan fingerprint density at radius 2 is 2.00 bits per heavy atom. The van der Waals surface area contributed by atoms with Gasteiger partial charge < -0.3 is 5.32 Å². The number of hydrogen-bond donors (Lipinski definition) is 1. The first-order valence-corrected chi connectivity index (χ1v) is 9.94. The van der Waals surface area contributed by atoms with Crippen molar-refractivity contribution in [2.24, 2.45) is 5.92 Å². The van der Waals surface area contributed by atoms with E-state index in [1.54, 1.807) is 20.6 Å². The summed E-state index contributed by atoms with van der Waals surface area (Å²) >= 11 is 1.60. The van der Waals surface area contributed by atoms with E-state index in [2.05, 4.69) is 10.3 Å². The standard InChI is InChI=1S/C19H23N5OS/c1-14-21-16(13-26-14)12-23-19(25)24(17-5-3-2-4-6-17)18(22-23)11-15-7-9-20-10-8-15/h2-6,13,15,20H,7-12H2,1H3. The van der Waals surface area contributed by atoms with Crippen molar-refractivity contribution in [1.29, 1.82) is 0 Å². The molecule has 1 fully saturated rings. The molecule has 0 amide bonds. The summed E-state index contributed by atoms with van der Waals surface area (Å²) in [4.78, 5) is 17.5. The molecule has 0 saturated carbocycles.